The van der Waals surface area contributed by atoms with E-state index in [-0.39, 0.29) is 66.6 Å². The number of carboxylic acid groups (broad SMARTS) is 1. The summed E-state index contributed by atoms with van der Waals surface area (Å²) < 4.78 is 0. The Bertz CT molecular complexity index is 1110. The lowest BCUT2D eigenvalue weighted by molar-refractivity contribution is -0.147. The van der Waals surface area contributed by atoms with E-state index in [1.165, 1.54) is 6.92 Å². The van der Waals surface area contributed by atoms with Crippen molar-refractivity contribution in [2.75, 3.05) is 0 Å². The van der Waals surface area contributed by atoms with Crippen molar-refractivity contribution in [1.82, 2.24) is 0 Å². The number of ketones is 4. The number of aliphatic hydroxyl groups is 1. The fraction of sp³-hybridized carbons (Fsp3) is 0.767. The standard InChI is InChI=1S/C30H42O7/c1-15(10-17(31)11-16(2)26(36)37)18-12-23(35)30(7)25-19(32)13-21-27(3,4)22(34)8-9-28(21,5)24(25)20(33)14-29(18,30)6/h15-16,18-19,21,32H,8-14H2,1-7H3,(H,36,37)/t15?,16?,18-,19?,21+,28+,29-,30+/m1/s1. The second-order valence-corrected chi connectivity index (χ2v) is 13.7. The highest BCUT2D eigenvalue weighted by molar-refractivity contribution is 6.05. The van der Waals surface area contributed by atoms with E-state index in [0.717, 1.165) is 0 Å². The summed E-state index contributed by atoms with van der Waals surface area (Å²) in [7, 11) is 0. The summed E-state index contributed by atoms with van der Waals surface area (Å²) in [5.74, 6) is -2.49. The van der Waals surface area contributed by atoms with E-state index >= 15 is 0 Å². The molecule has 4 rings (SSSR count). The molecule has 0 amide bonds. The molecule has 204 valence electrons. The van der Waals surface area contributed by atoms with Crippen molar-refractivity contribution in [2.24, 2.45) is 45.3 Å². The van der Waals surface area contributed by atoms with Gasteiger partial charge in [-0.25, -0.2) is 0 Å². The quantitative estimate of drug-likeness (QED) is 0.540. The SMILES string of the molecule is CC(CC(=O)CC(C)[C@H]1CC(=O)[C@@]2(C)C3=C(C(=O)C[C@]12C)[C@@]1(C)CCC(=O)C(C)(C)[C@@H]1CC3O)C(=O)O. The fourth-order valence-corrected chi connectivity index (χ4v) is 8.93. The average Bonchev–Trinajstić information content (AvgIpc) is 2.99. The van der Waals surface area contributed by atoms with Crippen molar-refractivity contribution in [2.45, 2.75) is 99.5 Å². The summed E-state index contributed by atoms with van der Waals surface area (Å²) in [6.45, 7) is 13.1. The first-order chi connectivity index (χ1) is 16.9. The molecule has 0 saturated heterocycles. The molecule has 4 aliphatic rings. The minimum atomic E-state index is -1.04. The first-order valence-corrected chi connectivity index (χ1v) is 13.7. The van der Waals surface area contributed by atoms with Gasteiger partial charge in [0.15, 0.2) is 5.78 Å². The van der Waals surface area contributed by atoms with Crippen LogP contribution in [0.25, 0.3) is 0 Å². The number of hydrogen-bond donors (Lipinski definition) is 2. The molecular formula is C30H42O7. The van der Waals surface area contributed by atoms with E-state index < -0.39 is 39.7 Å². The molecule has 0 aromatic carbocycles. The lowest BCUT2D eigenvalue weighted by atomic mass is 9.42. The minimum absolute atomic E-state index is 0.00884. The molecule has 0 aromatic rings. The van der Waals surface area contributed by atoms with Gasteiger partial charge >= 0.3 is 5.97 Å². The van der Waals surface area contributed by atoms with Crippen LogP contribution in [0.1, 0.15) is 93.4 Å². The van der Waals surface area contributed by atoms with Gasteiger partial charge in [0.25, 0.3) is 0 Å². The van der Waals surface area contributed by atoms with Gasteiger partial charge in [0, 0.05) is 48.5 Å². The Morgan fingerprint density at radius 3 is 2.22 bits per heavy atom. The smallest absolute Gasteiger partial charge is 0.306 e. The lowest BCUT2D eigenvalue weighted by Crippen LogP contribution is -2.60. The molecule has 0 spiro atoms. The Kier molecular flexibility index (Phi) is 6.54. The highest BCUT2D eigenvalue weighted by atomic mass is 16.4. The van der Waals surface area contributed by atoms with Crippen LogP contribution in [0.3, 0.4) is 0 Å². The Morgan fingerprint density at radius 2 is 1.62 bits per heavy atom. The maximum Gasteiger partial charge on any atom is 0.306 e. The number of rotatable bonds is 6. The summed E-state index contributed by atoms with van der Waals surface area (Å²) in [6, 6.07) is 0. The largest absolute Gasteiger partial charge is 0.481 e. The van der Waals surface area contributed by atoms with Crippen molar-refractivity contribution < 1.29 is 34.2 Å². The van der Waals surface area contributed by atoms with Gasteiger partial charge in [-0.15, -0.1) is 0 Å². The number of allylic oxidation sites excluding steroid dienone is 1. The van der Waals surface area contributed by atoms with Crippen molar-refractivity contribution >= 4 is 29.1 Å². The zero-order chi connectivity index (χ0) is 27.9. The fourth-order valence-electron chi connectivity index (χ4n) is 8.93. The first-order valence-electron chi connectivity index (χ1n) is 13.7. The van der Waals surface area contributed by atoms with Gasteiger partial charge in [0.2, 0.25) is 0 Å². The van der Waals surface area contributed by atoms with E-state index in [2.05, 4.69) is 0 Å². The van der Waals surface area contributed by atoms with Crippen LogP contribution in [0, 0.1) is 45.3 Å². The van der Waals surface area contributed by atoms with Crippen LogP contribution in [-0.4, -0.2) is 45.4 Å². The molecular weight excluding hydrogens is 472 g/mol. The Hall–Kier alpha value is -2.15. The summed E-state index contributed by atoms with van der Waals surface area (Å²) in [4.78, 5) is 64.6. The second kappa shape index (κ2) is 8.69. The number of carbonyl (C=O) groups is 5. The molecule has 8 atom stereocenters. The van der Waals surface area contributed by atoms with Crippen LogP contribution < -0.4 is 0 Å². The number of aliphatic carboxylic acids is 1. The Labute approximate surface area is 219 Å². The maximum absolute atomic E-state index is 14.0. The first kappa shape index (κ1) is 27.9. The molecule has 0 aromatic heterocycles. The number of carboxylic acids is 1. The van der Waals surface area contributed by atoms with Crippen LogP contribution >= 0.6 is 0 Å². The average molecular weight is 515 g/mol. The number of hydrogen-bond acceptors (Lipinski definition) is 6. The van der Waals surface area contributed by atoms with Gasteiger partial charge in [-0.3, -0.25) is 24.0 Å². The third-order valence-electron chi connectivity index (χ3n) is 11.3. The minimum Gasteiger partial charge on any atom is -0.481 e. The lowest BCUT2D eigenvalue weighted by Gasteiger charge is -2.60. The summed E-state index contributed by atoms with van der Waals surface area (Å²) in [5, 5.41) is 20.7. The van der Waals surface area contributed by atoms with Crippen LogP contribution in [-0.2, 0) is 24.0 Å². The zero-order valence-electron chi connectivity index (χ0n) is 23.3. The van der Waals surface area contributed by atoms with Gasteiger partial charge in [-0.1, -0.05) is 41.5 Å². The molecule has 0 bridgehead atoms. The van der Waals surface area contributed by atoms with Crippen LogP contribution in [0.5, 0.6) is 0 Å². The van der Waals surface area contributed by atoms with E-state index in [9.17, 15) is 34.2 Å². The van der Waals surface area contributed by atoms with Crippen molar-refractivity contribution in [3.05, 3.63) is 11.1 Å². The van der Waals surface area contributed by atoms with Crippen LogP contribution in [0.15, 0.2) is 11.1 Å². The van der Waals surface area contributed by atoms with Gasteiger partial charge in [-0.05, 0) is 48.5 Å². The highest BCUT2D eigenvalue weighted by Crippen LogP contribution is 2.70. The predicted octanol–water partition coefficient (Wildman–Crippen LogP) is 4.34. The van der Waals surface area contributed by atoms with E-state index in [1.807, 2.05) is 41.5 Å². The molecule has 2 fully saturated rings. The Balaban J connectivity index is 1.75. The molecule has 0 heterocycles. The number of aliphatic hydroxyl groups excluding tert-OH is 1. The third-order valence-corrected chi connectivity index (χ3v) is 11.3. The summed E-state index contributed by atoms with van der Waals surface area (Å²) in [6.07, 6.45) is 0.736. The number of carbonyl (C=O) groups excluding carboxylic acids is 4. The van der Waals surface area contributed by atoms with Crippen LogP contribution in [0.2, 0.25) is 0 Å². The molecule has 2 saturated carbocycles. The second-order valence-electron chi connectivity index (χ2n) is 13.7. The van der Waals surface area contributed by atoms with Gasteiger partial charge in [0.05, 0.1) is 17.4 Å². The molecule has 4 aliphatic carbocycles. The molecule has 0 radical (unpaired) electrons. The topological polar surface area (TPSA) is 126 Å². The normalized spacial score (nSPS) is 40.5. The van der Waals surface area contributed by atoms with Gasteiger partial charge in [-0.2, -0.15) is 0 Å². The van der Waals surface area contributed by atoms with E-state index in [4.69, 9.17) is 0 Å². The number of Topliss-reactive ketones (excluding diaryl/α,β-unsaturated/α-hetero) is 4. The third kappa shape index (κ3) is 3.74. The summed E-state index contributed by atoms with van der Waals surface area (Å²) in [5.41, 5.74) is -1.92. The maximum atomic E-state index is 14.0. The molecule has 7 heteroatoms. The monoisotopic (exact) mass is 514 g/mol. The van der Waals surface area contributed by atoms with Crippen molar-refractivity contribution in [3.63, 3.8) is 0 Å². The van der Waals surface area contributed by atoms with E-state index in [1.54, 1.807) is 0 Å². The number of fused-ring (bicyclic) bond motifs is 4. The molecule has 0 aliphatic heterocycles. The van der Waals surface area contributed by atoms with Gasteiger partial charge in [0.1, 0.15) is 17.3 Å². The Morgan fingerprint density at radius 1 is 1.00 bits per heavy atom. The zero-order valence-corrected chi connectivity index (χ0v) is 23.3. The molecule has 3 unspecified atom stereocenters. The van der Waals surface area contributed by atoms with E-state index in [0.29, 0.717) is 30.4 Å². The molecule has 7 nitrogen and oxygen atoms in total. The molecule has 2 N–H and O–H groups in total. The predicted molar refractivity (Wildman–Crippen MR) is 136 cm³/mol. The van der Waals surface area contributed by atoms with Crippen LogP contribution in [0.4, 0.5) is 0 Å². The van der Waals surface area contributed by atoms with Crippen molar-refractivity contribution in [1.29, 1.82) is 0 Å². The highest BCUT2D eigenvalue weighted by Gasteiger charge is 2.70. The van der Waals surface area contributed by atoms with Gasteiger partial charge < -0.3 is 10.2 Å². The van der Waals surface area contributed by atoms with Crippen molar-refractivity contribution in [3.8, 4) is 0 Å². The summed E-state index contributed by atoms with van der Waals surface area (Å²) >= 11 is 0. The molecule has 37 heavy (non-hydrogen) atoms.